The predicted octanol–water partition coefficient (Wildman–Crippen LogP) is 3.97. The van der Waals surface area contributed by atoms with Gasteiger partial charge in [-0.2, -0.15) is 0 Å². The third kappa shape index (κ3) is 4.14. The summed E-state index contributed by atoms with van der Waals surface area (Å²) in [5.41, 5.74) is 3.55. The molecule has 1 heterocycles. The Kier molecular flexibility index (Phi) is 4.85. The van der Waals surface area contributed by atoms with Gasteiger partial charge in [-0.1, -0.05) is 31.5 Å². The van der Waals surface area contributed by atoms with Crippen LogP contribution in [0.25, 0.3) is 0 Å². The van der Waals surface area contributed by atoms with Gasteiger partial charge >= 0.3 is 0 Å². The predicted molar refractivity (Wildman–Crippen MR) is 80.9 cm³/mol. The molecule has 0 amide bonds. The van der Waals surface area contributed by atoms with Crippen LogP contribution in [0.4, 0.5) is 0 Å². The van der Waals surface area contributed by atoms with Gasteiger partial charge in [0.15, 0.2) is 0 Å². The Hall–Kier alpha value is -1.74. The van der Waals surface area contributed by atoms with Gasteiger partial charge in [-0.25, -0.2) is 0 Å². The molecule has 0 saturated carbocycles. The highest BCUT2D eigenvalue weighted by atomic mass is 16.5. The average molecular weight is 273 g/mol. The Balaban J connectivity index is 1.90. The van der Waals surface area contributed by atoms with Gasteiger partial charge in [0.05, 0.1) is 6.26 Å². The normalized spacial score (nSPS) is 11.1. The van der Waals surface area contributed by atoms with Gasteiger partial charge < -0.3 is 14.5 Å². The Labute approximate surface area is 121 Å². The minimum absolute atomic E-state index is 0.464. The molecule has 2 aromatic rings. The summed E-state index contributed by atoms with van der Waals surface area (Å²) in [7, 11) is 0. The van der Waals surface area contributed by atoms with Crippen LogP contribution in [0.3, 0.4) is 0 Å². The summed E-state index contributed by atoms with van der Waals surface area (Å²) in [4.78, 5) is 0. The molecule has 20 heavy (non-hydrogen) atoms. The Bertz CT molecular complexity index is 558. The fraction of sp³-hybridized carbons (Fsp3) is 0.412. The molecular formula is C17H23NO2. The van der Waals surface area contributed by atoms with E-state index in [2.05, 4.69) is 45.1 Å². The Morgan fingerprint density at radius 2 is 2.00 bits per heavy atom. The largest absolute Gasteiger partial charge is 0.485 e. The van der Waals surface area contributed by atoms with Gasteiger partial charge in [0, 0.05) is 18.2 Å². The lowest BCUT2D eigenvalue weighted by atomic mass is 10.1. The minimum Gasteiger partial charge on any atom is -0.485 e. The van der Waals surface area contributed by atoms with Crippen LogP contribution in [0.2, 0.25) is 0 Å². The molecule has 0 saturated heterocycles. The van der Waals surface area contributed by atoms with Crippen LogP contribution in [0.5, 0.6) is 5.75 Å². The van der Waals surface area contributed by atoms with Crippen molar-refractivity contribution in [3.63, 3.8) is 0 Å². The first kappa shape index (κ1) is 14.7. The van der Waals surface area contributed by atoms with E-state index in [0.29, 0.717) is 12.6 Å². The van der Waals surface area contributed by atoms with E-state index in [1.165, 1.54) is 5.56 Å². The number of aryl methyl sites for hydroxylation is 2. The van der Waals surface area contributed by atoms with Crippen molar-refractivity contribution in [2.75, 3.05) is 0 Å². The van der Waals surface area contributed by atoms with E-state index in [-0.39, 0.29) is 0 Å². The first-order valence-corrected chi connectivity index (χ1v) is 7.04. The molecule has 3 heteroatoms. The maximum absolute atomic E-state index is 5.80. The first-order chi connectivity index (χ1) is 9.54. The van der Waals surface area contributed by atoms with Crippen molar-refractivity contribution in [2.24, 2.45) is 0 Å². The molecule has 1 aromatic carbocycles. The fourth-order valence-corrected chi connectivity index (χ4v) is 2.03. The van der Waals surface area contributed by atoms with E-state index >= 15 is 0 Å². The van der Waals surface area contributed by atoms with Gasteiger partial charge in [0.25, 0.3) is 0 Å². The Morgan fingerprint density at radius 1 is 1.20 bits per heavy atom. The van der Waals surface area contributed by atoms with Crippen molar-refractivity contribution >= 4 is 0 Å². The van der Waals surface area contributed by atoms with Crippen LogP contribution in [0.15, 0.2) is 34.9 Å². The highest BCUT2D eigenvalue weighted by Crippen LogP contribution is 2.20. The Morgan fingerprint density at radius 3 is 2.70 bits per heavy atom. The molecule has 0 spiro atoms. The maximum atomic E-state index is 5.80. The molecule has 0 bridgehead atoms. The van der Waals surface area contributed by atoms with Crippen LogP contribution < -0.4 is 10.1 Å². The molecule has 1 aromatic heterocycles. The van der Waals surface area contributed by atoms with Crippen LogP contribution in [0.1, 0.15) is 36.3 Å². The highest BCUT2D eigenvalue weighted by molar-refractivity contribution is 5.35. The second kappa shape index (κ2) is 6.62. The third-order valence-corrected chi connectivity index (χ3v) is 3.12. The van der Waals surface area contributed by atoms with E-state index < -0.39 is 0 Å². The van der Waals surface area contributed by atoms with Gasteiger partial charge in [-0.15, -0.1) is 0 Å². The summed E-state index contributed by atoms with van der Waals surface area (Å²) in [6, 6.07) is 8.70. The standard InChI is InChI=1S/C17H23NO2/c1-12(2)18-9-15-8-16(19-10-15)11-20-17-6-5-13(3)7-14(17)4/h5-8,10,12,18H,9,11H2,1-4H3. The summed E-state index contributed by atoms with van der Waals surface area (Å²) in [6.07, 6.45) is 1.79. The summed E-state index contributed by atoms with van der Waals surface area (Å²) >= 11 is 0. The van der Waals surface area contributed by atoms with E-state index in [1.54, 1.807) is 6.26 Å². The van der Waals surface area contributed by atoms with E-state index in [0.717, 1.165) is 29.2 Å². The van der Waals surface area contributed by atoms with E-state index in [4.69, 9.17) is 9.15 Å². The van der Waals surface area contributed by atoms with Crippen molar-refractivity contribution in [3.05, 3.63) is 53.0 Å². The lowest BCUT2D eigenvalue weighted by molar-refractivity contribution is 0.268. The summed E-state index contributed by atoms with van der Waals surface area (Å²) in [6.45, 7) is 9.69. The zero-order chi connectivity index (χ0) is 14.5. The molecule has 0 aliphatic rings. The highest BCUT2D eigenvalue weighted by Gasteiger charge is 2.05. The van der Waals surface area contributed by atoms with Gasteiger partial charge in [0.2, 0.25) is 0 Å². The molecule has 2 rings (SSSR count). The third-order valence-electron chi connectivity index (χ3n) is 3.12. The van der Waals surface area contributed by atoms with Crippen LogP contribution >= 0.6 is 0 Å². The second-order valence-electron chi connectivity index (χ2n) is 5.51. The maximum Gasteiger partial charge on any atom is 0.146 e. The topological polar surface area (TPSA) is 34.4 Å². The van der Waals surface area contributed by atoms with Gasteiger partial charge in [-0.05, 0) is 31.5 Å². The zero-order valence-corrected chi connectivity index (χ0v) is 12.7. The molecule has 0 aliphatic carbocycles. The smallest absolute Gasteiger partial charge is 0.146 e. The number of benzene rings is 1. The monoisotopic (exact) mass is 273 g/mol. The number of nitrogens with one attached hydrogen (secondary N) is 1. The molecule has 0 unspecified atom stereocenters. The SMILES string of the molecule is Cc1ccc(OCc2cc(CNC(C)C)co2)c(C)c1. The number of furan rings is 1. The van der Waals surface area contributed by atoms with Gasteiger partial charge in [-0.3, -0.25) is 0 Å². The summed E-state index contributed by atoms with van der Waals surface area (Å²) in [5, 5.41) is 3.36. The summed E-state index contributed by atoms with van der Waals surface area (Å²) in [5.74, 6) is 1.76. The lowest BCUT2D eigenvalue weighted by Gasteiger charge is -2.08. The fourth-order valence-electron chi connectivity index (χ4n) is 2.03. The lowest BCUT2D eigenvalue weighted by Crippen LogP contribution is -2.21. The quantitative estimate of drug-likeness (QED) is 0.864. The molecule has 108 valence electrons. The molecule has 0 aliphatic heterocycles. The molecule has 0 radical (unpaired) electrons. The molecule has 0 atom stereocenters. The zero-order valence-electron chi connectivity index (χ0n) is 12.7. The minimum atomic E-state index is 0.464. The van der Waals surface area contributed by atoms with Crippen molar-refractivity contribution in [1.82, 2.24) is 5.32 Å². The van der Waals surface area contributed by atoms with Crippen molar-refractivity contribution in [3.8, 4) is 5.75 Å². The number of ether oxygens (including phenoxy) is 1. The average Bonchev–Trinajstić information content (AvgIpc) is 2.83. The van der Waals surface area contributed by atoms with Crippen LogP contribution in [0, 0.1) is 13.8 Å². The van der Waals surface area contributed by atoms with Crippen molar-refractivity contribution in [2.45, 2.75) is 46.9 Å². The van der Waals surface area contributed by atoms with Crippen molar-refractivity contribution < 1.29 is 9.15 Å². The second-order valence-corrected chi connectivity index (χ2v) is 5.51. The number of rotatable bonds is 6. The van der Waals surface area contributed by atoms with Crippen LogP contribution in [-0.4, -0.2) is 6.04 Å². The summed E-state index contributed by atoms with van der Waals surface area (Å²) < 4.78 is 11.3. The van der Waals surface area contributed by atoms with Crippen molar-refractivity contribution in [1.29, 1.82) is 0 Å². The number of hydrogen-bond donors (Lipinski definition) is 1. The molecular weight excluding hydrogens is 250 g/mol. The molecule has 3 nitrogen and oxygen atoms in total. The first-order valence-electron chi connectivity index (χ1n) is 7.04. The van der Waals surface area contributed by atoms with E-state index in [1.807, 2.05) is 12.1 Å². The van der Waals surface area contributed by atoms with Crippen LogP contribution in [-0.2, 0) is 13.2 Å². The molecule has 1 N–H and O–H groups in total. The number of hydrogen-bond acceptors (Lipinski definition) is 3. The van der Waals surface area contributed by atoms with Gasteiger partial charge in [0.1, 0.15) is 18.1 Å². The molecule has 0 fully saturated rings. The van der Waals surface area contributed by atoms with E-state index in [9.17, 15) is 0 Å².